The molecule has 0 N–H and O–H groups in total. The lowest BCUT2D eigenvalue weighted by atomic mass is 10.2. The number of carbonyl (C=O) groups excluding carboxylic acids is 1. The Labute approximate surface area is 126 Å². The Balaban J connectivity index is 2.05. The van der Waals surface area contributed by atoms with Crippen LogP contribution >= 0.6 is 11.8 Å². The van der Waals surface area contributed by atoms with Crippen LogP contribution in [0.1, 0.15) is 15.9 Å². The van der Waals surface area contributed by atoms with E-state index in [2.05, 4.69) is 36.2 Å². The smallest absolute Gasteiger partial charge is 0.338 e. The van der Waals surface area contributed by atoms with Crippen molar-refractivity contribution in [1.82, 2.24) is 9.38 Å². The van der Waals surface area contributed by atoms with Gasteiger partial charge in [-0.15, -0.1) is 0 Å². The number of methoxy groups -OCH3 is 1. The van der Waals surface area contributed by atoms with E-state index in [9.17, 15) is 4.79 Å². The normalized spacial score (nSPS) is 10.8. The van der Waals surface area contributed by atoms with Crippen LogP contribution in [0.15, 0.2) is 58.7 Å². The van der Waals surface area contributed by atoms with Crippen molar-refractivity contribution in [3.8, 4) is 0 Å². The second kappa shape index (κ2) is 5.61. The Kier molecular flexibility index (Phi) is 3.66. The summed E-state index contributed by atoms with van der Waals surface area (Å²) in [6, 6.07) is 11.8. The molecule has 5 heteroatoms. The van der Waals surface area contributed by atoms with Crippen LogP contribution in [0.4, 0.5) is 0 Å². The third kappa shape index (κ3) is 2.78. The first-order valence-corrected chi connectivity index (χ1v) is 7.29. The zero-order valence-electron chi connectivity index (χ0n) is 11.7. The zero-order valence-corrected chi connectivity index (χ0v) is 12.6. The van der Waals surface area contributed by atoms with Gasteiger partial charge in [-0.05, 0) is 31.2 Å². The van der Waals surface area contributed by atoms with E-state index in [1.54, 1.807) is 24.0 Å². The Morgan fingerprint density at radius 2 is 2.00 bits per heavy atom. The van der Waals surface area contributed by atoms with Gasteiger partial charge in [0.25, 0.3) is 0 Å². The van der Waals surface area contributed by atoms with Gasteiger partial charge in [-0.2, -0.15) is 0 Å². The number of rotatable bonds is 3. The van der Waals surface area contributed by atoms with E-state index in [0.717, 1.165) is 15.6 Å². The van der Waals surface area contributed by atoms with Gasteiger partial charge in [0.1, 0.15) is 5.65 Å². The molecule has 2 heterocycles. The van der Waals surface area contributed by atoms with Crippen LogP contribution < -0.4 is 0 Å². The van der Waals surface area contributed by atoms with E-state index in [-0.39, 0.29) is 5.97 Å². The molecule has 0 atom stereocenters. The highest BCUT2D eigenvalue weighted by molar-refractivity contribution is 7.99. The number of imidazole rings is 1. The van der Waals surface area contributed by atoms with Crippen molar-refractivity contribution in [3.05, 3.63) is 59.9 Å². The van der Waals surface area contributed by atoms with Gasteiger partial charge < -0.3 is 4.74 Å². The van der Waals surface area contributed by atoms with Crippen LogP contribution in [-0.4, -0.2) is 22.5 Å². The highest BCUT2D eigenvalue weighted by Gasteiger charge is 2.12. The van der Waals surface area contributed by atoms with E-state index in [4.69, 9.17) is 4.74 Å². The molecule has 0 fully saturated rings. The highest BCUT2D eigenvalue weighted by atomic mass is 32.2. The minimum Gasteiger partial charge on any atom is -0.465 e. The summed E-state index contributed by atoms with van der Waals surface area (Å²) >= 11 is 1.59. The maximum atomic E-state index is 11.8. The molecule has 0 aliphatic rings. The van der Waals surface area contributed by atoms with E-state index in [1.807, 2.05) is 16.7 Å². The molecule has 0 unspecified atom stereocenters. The number of fused-ring (bicyclic) bond motifs is 1. The molecule has 0 aliphatic heterocycles. The number of aryl methyl sites for hydroxylation is 1. The van der Waals surface area contributed by atoms with E-state index >= 15 is 0 Å². The SMILES string of the molecule is COC(=O)c1cc(Sc2ccc(C)cc2)n2ccnc2c1. The summed E-state index contributed by atoms with van der Waals surface area (Å²) in [5, 5.41) is 0.925. The molecule has 21 heavy (non-hydrogen) atoms. The highest BCUT2D eigenvalue weighted by Crippen LogP contribution is 2.29. The van der Waals surface area contributed by atoms with Crippen LogP contribution in [0.3, 0.4) is 0 Å². The summed E-state index contributed by atoms with van der Waals surface area (Å²) in [6.07, 6.45) is 3.60. The minimum atomic E-state index is -0.355. The second-order valence-electron chi connectivity index (χ2n) is 4.64. The van der Waals surface area contributed by atoms with Crippen LogP contribution in [0.5, 0.6) is 0 Å². The quantitative estimate of drug-likeness (QED) is 0.693. The summed E-state index contributed by atoms with van der Waals surface area (Å²) in [6.45, 7) is 2.06. The first kappa shape index (κ1) is 13.7. The van der Waals surface area contributed by atoms with Crippen LogP contribution in [0.25, 0.3) is 5.65 Å². The number of aromatic nitrogens is 2. The van der Waals surface area contributed by atoms with Crippen molar-refractivity contribution < 1.29 is 9.53 Å². The number of ether oxygens (including phenoxy) is 1. The summed E-state index contributed by atoms with van der Waals surface area (Å²) < 4.78 is 6.75. The maximum Gasteiger partial charge on any atom is 0.338 e. The summed E-state index contributed by atoms with van der Waals surface area (Å²) in [5.74, 6) is -0.355. The van der Waals surface area contributed by atoms with Gasteiger partial charge in [0.05, 0.1) is 17.7 Å². The molecule has 2 aromatic heterocycles. The monoisotopic (exact) mass is 298 g/mol. The fraction of sp³-hybridized carbons (Fsp3) is 0.125. The van der Waals surface area contributed by atoms with Crippen LogP contribution in [-0.2, 0) is 4.74 Å². The van der Waals surface area contributed by atoms with Gasteiger partial charge in [-0.25, -0.2) is 9.78 Å². The molecule has 3 aromatic rings. The third-order valence-corrected chi connectivity index (χ3v) is 4.17. The predicted molar refractivity (Wildman–Crippen MR) is 81.8 cm³/mol. The first-order chi connectivity index (χ1) is 10.2. The summed E-state index contributed by atoms with van der Waals surface area (Å²) in [4.78, 5) is 17.1. The third-order valence-electron chi connectivity index (χ3n) is 3.13. The Bertz CT molecular complexity index is 794. The molecule has 0 saturated heterocycles. The van der Waals surface area contributed by atoms with Crippen molar-refractivity contribution in [2.24, 2.45) is 0 Å². The molecular weight excluding hydrogens is 284 g/mol. The molecule has 0 spiro atoms. The molecule has 0 amide bonds. The topological polar surface area (TPSA) is 43.6 Å². The van der Waals surface area contributed by atoms with Gasteiger partial charge in [0.15, 0.2) is 0 Å². The number of pyridine rings is 1. The van der Waals surface area contributed by atoms with Crippen molar-refractivity contribution in [1.29, 1.82) is 0 Å². The number of esters is 1. The Morgan fingerprint density at radius 3 is 2.71 bits per heavy atom. The van der Waals surface area contributed by atoms with E-state index < -0.39 is 0 Å². The number of nitrogens with zero attached hydrogens (tertiary/aromatic N) is 2. The van der Waals surface area contributed by atoms with Gasteiger partial charge in [-0.3, -0.25) is 4.40 Å². The average molecular weight is 298 g/mol. The van der Waals surface area contributed by atoms with E-state index in [1.165, 1.54) is 12.7 Å². The molecule has 1 aromatic carbocycles. The lowest BCUT2D eigenvalue weighted by Gasteiger charge is -2.08. The Morgan fingerprint density at radius 1 is 1.24 bits per heavy atom. The average Bonchev–Trinajstić information content (AvgIpc) is 2.97. The standard InChI is InChI=1S/C16H14N2O2S/c1-11-3-5-13(6-4-11)21-15-10-12(16(19)20-2)9-14-17-7-8-18(14)15/h3-10H,1-2H3. The fourth-order valence-corrected chi connectivity index (χ4v) is 2.99. The van der Waals surface area contributed by atoms with Gasteiger partial charge >= 0.3 is 5.97 Å². The maximum absolute atomic E-state index is 11.8. The lowest BCUT2D eigenvalue weighted by Crippen LogP contribution is -2.03. The Hall–Kier alpha value is -2.27. The molecule has 0 radical (unpaired) electrons. The number of hydrogen-bond donors (Lipinski definition) is 0. The largest absolute Gasteiger partial charge is 0.465 e. The van der Waals surface area contributed by atoms with Gasteiger partial charge in [0.2, 0.25) is 0 Å². The van der Waals surface area contributed by atoms with Gasteiger partial charge in [0, 0.05) is 17.3 Å². The van der Waals surface area contributed by atoms with Crippen molar-refractivity contribution >= 4 is 23.4 Å². The van der Waals surface area contributed by atoms with Crippen LogP contribution in [0.2, 0.25) is 0 Å². The van der Waals surface area contributed by atoms with Gasteiger partial charge in [-0.1, -0.05) is 29.5 Å². The first-order valence-electron chi connectivity index (χ1n) is 6.47. The summed E-state index contributed by atoms with van der Waals surface area (Å²) in [5.41, 5.74) is 2.45. The molecule has 0 aliphatic carbocycles. The van der Waals surface area contributed by atoms with Crippen LogP contribution in [0, 0.1) is 6.92 Å². The number of benzene rings is 1. The molecule has 0 saturated carbocycles. The molecule has 106 valence electrons. The summed E-state index contributed by atoms with van der Waals surface area (Å²) in [7, 11) is 1.38. The second-order valence-corrected chi connectivity index (χ2v) is 5.74. The van der Waals surface area contributed by atoms with Crippen molar-refractivity contribution in [2.75, 3.05) is 7.11 Å². The number of carbonyl (C=O) groups is 1. The van der Waals surface area contributed by atoms with E-state index in [0.29, 0.717) is 5.56 Å². The fourth-order valence-electron chi connectivity index (χ4n) is 2.03. The lowest BCUT2D eigenvalue weighted by molar-refractivity contribution is 0.0600. The van der Waals surface area contributed by atoms with Crippen molar-refractivity contribution in [2.45, 2.75) is 16.8 Å². The molecule has 3 rings (SSSR count). The molecule has 4 nitrogen and oxygen atoms in total. The predicted octanol–water partition coefficient (Wildman–Crippen LogP) is 3.58. The molecule has 0 bridgehead atoms. The molecular formula is C16H14N2O2S. The minimum absolute atomic E-state index is 0.355. The number of hydrogen-bond acceptors (Lipinski definition) is 4. The zero-order chi connectivity index (χ0) is 14.8. The van der Waals surface area contributed by atoms with Crippen molar-refractivity contribution in [3.63, 3.8) is 0 Å².